The summed E-state index contributed by atoms with van der Waals surface area (Å²) < 4.78 is 27.0. The van der Waals surface area contributed by atoms with Gasteiger partial charge in [-0.1, -0.05) is 59.6 Å². The summed E-state index contributed by atoms with van der Waals surface area (Å²) in [4.78, 5) is 0. The van der Waals surface area contributed by atoms with Crippen molar-refractivity contribution in [1.29, 1.82) is 0 Å². The second-order valence-electron chi connectivity index (χ2n) is 5.95. The Hall–Kier alpha value is -0.820. The molecular weight excluding hydrogens is 403 g/mol. The van der Waals surface area contributed by atoms with Crippen molar-refractivity contribution in [3.8, 4) is 0 Å². The van der Waals surface area contributed by atoms with E-state index >= 15 is 0 Å². The summed E-state index contributed by atoms with van der Waals surface area (Å²) in [5.74, 6) is -0.234. The molecule has 0 unspecified atom stereocenters. The topological polar surface area (TPSA) is 63.4 Å². The molecule has 0 bridgehead atoms. The zero-order valence-corrected chi connectivity index (χ0v) is 16.5. The summed E-state index contributed by atoms with van der Waals surface area (Å²) in [5, 5.41) is 0.711. The molecule has 4 nitrogen and oxygen atoms in total. The average molecular weight is 422 g/mol. The van der Waals surface area contributed by atoms with Gasteiger partial charge in [0.15, 0.2) is 0 Å². The van der Waals surface area contributed by atoms with Crippen LogP contribution in [-0.4, -0.2) is 31.9 Å². The Morgan fingerprint density at radius 3 is 2.20 bits per heavy atom. The number of halogens is 3. The zero-order valence-electron chi connectivity index (χ0n) is 13.3. The van der Waals surface area contributed by atoms with Crippen LogP contribution in [0.1, 0.15) is 17.0 Å². The van der Waals surface area contributed by atoms with Crippen LogP contribution < -0.4 is 5.73 Å². The Kier molecular flexibility index (Phi) is 6.76. The fraction of sp³-hybridized carbons (Fsp3) is 0.294. The molecule has 3 rings (SSSR count). The SMILES string of the molecule is Cl.N[C@@H]1CN(S(=O)(=O)Cc2c(Cl)cccc2Cl)C[C@H]1c1ccccc1. The van der Waals surface area contributed by atoms with E-state index in [9.17, 15) is 8.42 Å². The molecule has 136 valence electrons. The summed E-state index contributed by atoms with van der Waals surface area (Å²) >= 11 is 12.2. The van der Waals surface area contributed by atoms with Crippen LogP contribution >= 0.6 is 35.6 Å². The minimum absolute atomic E-state index is 0. The largest absolute Gasteiger partial charge is 0.326 e. The molecule has 0 spiro atoms. The van der Waals surface area contributed by atoms with Gasteiger partial charge < -0.3 is 5.73 Å². The Bertz CT molecular complexity index is 811. The zero-order chi connectivity index (χ0) is 17.3. The molecule has 0 radical (unpaired) electrons. The number of sulfonamides is 1. The molecule has 1 fully saturated rings. The lowest BCUT2D eigenvalue weighted by atomic mass is 9.95. The molecule has 1 aliphatic rings. The fourth-order valence-electron chi connectivity index (χ4n) is 3.02. The van der Waals surface area contributed by atoms with Crippen LogP contribution in [0, 0.1) is 0 Å². The maximum Gasteiger partial charge on any atom is 0.218 e. The third kappa shape index (κ3) is 4.48. The van der Waals surface area contributed by atoms with E-state index in [4.69, 9.17) is 28.9 Å². The van der Waals surface area contributed by atoms with Crippen LogP contribution in [0.5, 0.6) is 0 Å². The third-order valence-electron chi connectivity index (χ3n) is 4.34. The standard InChI is InChI=1S/C17H18Cl2N2O2S.ClH/c18-15-7-4-8-16(19)14(15)11-24(22,23)21-9-13(17(20)10-21)12-5-2-1-3-6-12;/h1-8,13,17H,9-11,20H2;1H/t13-,17+;/m0./s1. The number of nitrogens with zero attached hydrogens (tertiary/aromatic N) is 1. The van der Waals surface area contributed by atoms with E-state index in [1.54, 1.807) is 18.2 Å². The lowest BCUT2D eigenvalue weighted by molar-refractivity contribution is 0.469. The van der Waals surface area contributed by atoms with Gasteiger partial charge in [-0.2, -0.15) is 4.31 Å². The van der Waals surface area contributed by atoms with Gasteiger partial charge in [0.05, 0.1) is 5.75 Å². The molecule has 1 heterocycles. The highest BCUT2D eigenvalue weighted by Crippen LogP contribution is 2.32. The van der Waals surface area contributed by atoms with Crippen molar-refractivity contribution in [2.45, 2.75) is 17.7 Å². The molecule has 0 aromatic heterocycles. The molecule has 0 aliphatic carbocycles. The maximum absolute atomic E-state index is 12.8. The summed E-state index contributed by atoms with van der Waals surface area (Å²) in [7, 11) is -3.55. The molecule has 8 heteroatoms. The molecule has 1 saturated heterocycles. The van der Waals surface area contributed by atoms with E-state index in [0.717, 1.165) is 5.56 Å². The van der Waals surface area contributed by atoms with Crippen LogP contribution in [0.15, 0.2) is 48.5 Å². The Balaban J connectivity index is 0.00000225. The summed E-state index contributed by atoms with van der Waals surface area (Å²) in [6, 6.07) is 14.5. The van der Waals surface area contributed by atoms with Crippen molar-refractivity contribution in [2.75, 3.05) is 13.1 Å². The lowest BCUT2D eigenvalue weighted by Crippen LogP contribution is -2.33. The predicted octanol–water partition coefficient (Wildman–Crippen LogP) is 3.67. The summed E-state index contributed by atoms with van der Waals surface area (Å²) in [5.41, 5.74) is 7.68. The molecule has 0 saturated carbocycles. The monoisotopic (exact) mass is 420 g/mol. The van der Waals surface area contributed by atoms with Gasteiger partial charge in [0.25, 0.3) is 0 Å². The van der Waals surface area contributed by atoms with Crippen LogP contribution in [0.4, 0.5) is 0 Å². The highest BCUT2D eigenvalue weighted by molar-refractivity contribution is 7.88. The number of benzene rings is 2. The smallest absolute Gasteiger partial charge is 0.218 e. The van der Waals surface area contributed by atoms with Crippen LogP contribution in [0.2, 0.25) is 10.0 Å². The van der Waals surface area contributed by atoms with Crippen molar-refractivity contribution in [3.63, 3.8) is 0 Å². The predicted molar refractivity (Wildman–Crippen MR) is 105 cm³/mol. The van der Waals surface area contributed by atoms with E-state index in [2.05, 4.69) is 0 Å². The number of rotatable bonds is 4. The van der Waals surface area contributed by atoms with Crippen LogP contribution in [-0.2, 0) is 15.8 Å². The molecule has 0 amide bonds. The molecule has 2 atom stereocenters. The van der Waals surface area contributed by atoms with E-state index in [0.29, 0.717) is 28.7 Å². The van der Waals surface area contributed by atoms with Crippen molar-refractivity contribution in [3.05, 3.63) is 69.7 Å². The van der Waals surface area contributed by atoms with Gasteiger partial charge >= 0.3 is 0 Å². The average Bonchev–Trinajstić information content (AvgIpc) is 2.95. The first-order valence-electron chi connectivity index (χ1n) is 7.60. The van der Waals surface area contributed by atoms with Gasteiger partial charge in [0.1, 0.15) is 0 Å². The first-order chi connectivity index (χ1) is 11.4. The molecular formula is C17H19Cl3N2O2S. The van der Waals surface area contributed by atoms with E-state index in [1.165, 1.54) is 4.31 Å². The van der Waals surface area contributed by atoms with E-state index in [1.807, 2.05) is 30.3 Å². The summed E-state index contributed by atoms with van der Waals surface area (Å²) in [6.07, 6.45) is 0. The molecule has 25 heavy (non-hydrogen) atoms. The fourth-order valence-corrected chi connectivity index (χ4v) is 5.35. The van der Waals surface area contributed by atoms with Crippen molar-refractivity contribution in [2.24, 2.45) is 5.73 Å². The van der Waals surface area contributed by atoms with Crippen molar-refractivity contribution >= 4 is 45.6 Å². The van der Waals surface area contributed by atoms with Crippen LogP contribution in [0.25, 0.3) is 0 Å². The van der Waals surface area contributed by atoms with Gasteiger partial charge in [0, 0.05) is 40.7 Å². The molecule has 2 N–H and O–H groups in total. The normalized spacial score (nSPS) is 21.1. The van der Waals surface area contributed by atoms with Gasteiger partial charge in [-0.05, 0) is 17.7 Å². The third-order valence-corrected chi connectivity index (χ3v) is 6.79. The molecule has 1 aliphatic heterocycles. The second-order valence-corrected chi connectivity index (χ2v) is 8.74. The maximum atomic E-state index is 12.8. The van der Waals surface area contributed by atoms with Gasteiger partial charge in [-0.15, -0.1) is 12.4 Å². The van der Waals surface area contributed by atoms with Gasteiger partial charge in [0.2, 0.25) is 10.0 Å². The van der Waals surface area contributed by atoms with Crippen molar-refractivity contribution < 1.29 is 8.42 Å². The quantitative estimate of drug-likeness (QED) is 0.819. The highest BCUT2D eigenvalue weighted by atomic mass is 35.5. The lowest BCUT2D eigenvalue weighted by Gasteiger charge is -2.17. The minimum Gasteiger partial charge on any atom is -0.326 e. The van der Waals surface area contributed by atoms with Gasteiger partial charge in [-0.25, -0.2) is 8.42 Å². The first-order valence-corrected chi connectivity index (χ1v) is 9.96. The first kappa shape index (κ1) is 20.5. The number of hydrogen-bond acceptors (Lipinski definition) is 3. The summed E-state index contributed by atoms with van der Waals surface area (Å²) in [6.45, 7) is 0.666. The van der Waals surface area contributed by atoms with Crippen molar-refractivity contribution in [1.82, 2.24) is 4.31 Å². The minimum atomic E-state index is -3.55. The number of nitrogens with two attached hydrogens (primary N) is 1. The number of hydrogen-bond donors (Lipinski definition) is 1. The van der Waals surface area contributed by atoms with E-state index in [-0.39, 0.29) is 30.1 Å². The Labute approximate surface area is 164 Å². The molecule has 2 aromatic carbocycles. The highest BCUT2D eigenvalue weighted by Gasteiger charge is 2.37. The molecule has 2 aromatic rings. The van der Waals surface area contributed by atoms with E-state index < -0.39 is 10.0 Å². The van der Waals surface area contributed by atoms with Gasteiger partial charge in [-0.3, -0.25) is 0 Å². The van der Waals surface area contributed by atoms with Crippen LogP contribution in [0.3, 0.4) is 0 Å². The Morgan fingerprint density at radius 2 is 1.60 bits per heavy atom. The second kappa shape index (κ2) is 8.25. The Morgan fingerprint density at radius 1 is 1.00 bits per heavy atom.